The van der Waals surface area contributed by atoms with Crippen molar-refractivity contribution in [2.24, 2.45) is 0 Å². The quantitative estimate of drug-likeness (QED) is 0.717. The van der Waals surface area contributed by atoms with Gasteiger partial charge < -0.3 is 0 Å². The molecule has 0 N–H and O–H groups in total. The first kappa shape index (κ1) is 16.7. The van der Waals surface area contributed by atoms with Crippen LogP contribution < -0.4 is 0 Å². The molecular weight excluding hydrogens is 334 g/mol. The van der Waals surface area contributed by atoms with Crippen LogP contribution in [0.1, 0.15) is 24.2 Å². The molecule has 2 aliphatic rings. The molecule has 0 aliphatic carbocycles. The van der Waals surface area contributed by atoms with Gasteiger partial charge in [-0.1, -0.05) is 72.8 Å². The average Bonchev–Trinajstić information content (AvgIpc) is 3.32. The van der Waals surface area contributed by atoms with Gasteiger partial charge in [-0.15, -0.1) is 5.10 Å². The normalized spacial score (nSPS) is 22.6. The van der Waals surface area contributed by atoms with E-state index in [1.165, 1.54) is 11.3 Å². The topological polar surface area (TPSA) is 37.2 Å². The van der Waals surface area contributed by atoms with Gasteiger partial charge >= 0.3 is 0 Å². The number of fused-ring (bicyclic) bond motifs is 3. The minimum atomic E-state index is 0.377. The molecule has 5 nitrogen and oxygen atoms in total. The fourth-order valence-electron chi connectivity index (χ4n) is 4.62. The minimum absolute atomic E-state index is 0.377. The minimum Gasteiger partial charge on any atom is -0.295 e. The Morgan fingerprint density at radius 3 is 2.37 bits per heavy atom. The standard InChI is InChI=1S/C22H25N5/c1-2-26-16-21-22(18-11-7-4-8-12-18)23-24-27(21)20-15-25(14-19(20)26)13-17-9-5-3-6-10-17/h3-12,19-20H,2,13-16H2,1H3/t19-,20+/m0/s1. The highest BCUT2D eigenvalue weighted by molar-refractivity contribution is 5.61. The van der Waals surface area contributed by atoms with E-state index >= 15 is 0 Å². The van der Waals surface area contributed by atoms with Crippen LogP contribution in [0.4, 0.5) is 0 Å². The highest BCUT2D eigenvalue weighted by atomic mass is 15.5. The van der Waals surface area contributed by atoms with Crippen molar-refractivity contribution in [2.45, 2.75) is 32.1 Å². The lowest BCUT2D eigenvalue weighted by molar-refractivity contribution is 0.129. The van der Waals surface area contributed by atoms with Crippen molar-refractivity contribution in [3.8, 4) is 11.3 Å². The third kappa shape index (κ3) is 2.97. The van der Waals surface area contributed by atoms with Gasteiger partial charge in [-0.2, -0.15) is 0 Å². The zero-order valence-electron chi connectivity index (χ0n) is 15.7. The van der Waals surface area contributed by atoms with Crippen molar-refractivity contribution in [1.29, 1.82) is 0 Å². The maximum absolute atomic E-state index is 4.60. The Kier molecular flexibility index (Phi) is 4.26. The Morgan fingerprint density at radius 2 is 1.63 bits per heavy atom. The van der Waals surface area contributed by atoms with E-state index < -0.39 is 0 Å². The van der Waals surface area contributed by atoms with Crippen LogP contribution in [0.2, 0.25) is 0 Å². The molecule has 0 saturated carbocycles. The number of hydrogen-bond donors (Lipinski definition) is 0. The average molecular weight is 359 g/mol. The van der Waals surface area contributed by atoms with Gasteiger partial charge in [0.15, 0.2) is 0 Å². The maximum atomic E-state index is 4.60. The maximum Gasteiger partial charge on any atom is 0.117 e. The van der Waals surface area contributed by atoms with Gasteiger partial charge in [0.05, 0.1) is 11.7 Å². The van der Waals surface area contributed by atoms with Crippen molar-refractivity contribution in [1.82, 2.24) is 24.8 Å². The number of benzene rings is 2. The first-order chi connectivity index (χ1) is 13.3. The van der Waals surface area contributed by atoms with E-state index in [1.807, 2.05) is 6.07 Å². The second-order valence-corrected chi connectivity index (χ2v) is 7.57. The predicted molar refractivity (Wildman–Crippen MR) is 106 cm³/mol. The summed E-state index contributed by atoms with van der Waals surface area (Å²) in [6, 6.07) is 22.1. The molecule has 0 bridgehead atoms. The van der Waals surface area contributed by atoms with Gasteiger partial charge in [-0.25, -0.2) is 4.68 Å². The third-order valence-corrected chi connectivity index (χ3v) is 5.96. The van der Waals surface area contributed by atoms with E-state index in [2.05, 4.69) is 86.3 Å². The van der Waals surface area contributed by atoms with Crippen LogP contribution in [0.25, 0.3) is 11.3 Å². The monoisotopic (exact) mass is 359 g/mol. The number of likely N-dealkylation sites (N-methyl/N-ethyl adjacent to an activating group) is 1. The highest BCUT2D eigenvalue weighted by Gasteiger charge is 2.43. The first-order valence-corrected chi connectivity index (χ1v) is 9.83. The molecule has 0 unspecified atom stereocenters. The van der Waals surface area contributed by atoms with Crippen LogP contribution in [0.5, 0.6) is 0 Å². The molecule has 1 saturated heterocycles. The van der Waals surface area contributed by atoms with Crippen molar-refractivity contribution >= 4 is 0 Å². The van der Waals surface area contributed by atoms with Gasteiger partial charge in [0.25, 0.3) is 0 Å². The van der Waals surface area contributed by atoms with E-state index in [-0.39, 0.29) is 0 Å². The summed E-state index contributed by atoms with van der Waals surface area (Å²) in [5, 5.41) is 9.17. The number of nitrogens with zero attached hydrogens (tertiary/aromatic N) is 5. The molecular formula is C22H25N5. The first-order valence-electron chi connectivity index (χ1n) is 9.83. The Bertz CT molecular complexity index is 905. The second-order valence-electron chi connectivity index (χ2n) is 7.57. The lowest BCUT2D eigenvalue weighted by Crippen LogP contribution is -2.46. The van der Waals surface area contributed by atoms with E-state index in [0.29, 0.717) is 12.1 Å². The lowest BCUT2D eigenvalue weighted by atomic mass is 10.0. The molecule has 0 amide bonds. The van der Waals surface area contributed by atoms with Gasteiger partial charge in [0.1, 0.15) is 5.69 Å². The number of aromatic nitrogens is 3. The molecule has 0 spiro atoms. The van der Waals surface area contributed by atoms with Crippen molar-refractivity contribution in [3.05, 3.63) is 71.9 Å². The third-order valence-electron chi connectivity index (χ3n) is 5.96. The summed E-state index contributed by atoms with van der Waals surface area (Å²) in [5.41, 5.74) is 4.83. The molecule has 5 heteroatoms. The van der Waals surface area contributed by atoms with Crippen LogP contribution in [-0.2, 0) is 13.1 Å². The zero-order valence-corrected chi connectivity index (χ0v) is 15.7. The number of rotatable bonds is 4. The molecule has 1 aromatic heterocycles. The van der Waals surface area contributed by atoms with Crippen LogP contribution in [0, 0.1) is 0 Å². The van der Waals surface area contributed by atoms with E-state index in [9.17, 15) is 0 Å². The molecule has 2 atom stereocenters. The van der Waals surface area contributed by atoms with Crippen LogP contribution >= 0.6 is 0 Å². The Hall–Kier alpha value is -2.50. The molecule has 3 aromatic rings. The summed E-state index contributed by atoms with van der Waals surface area (Å²) in [6.45, 7) is 7.36. The van der Waals surface area contributed by atoms with E-state index in [4.69, 9.17) is 0 Å². The van der Waals surface area contributed by atoms with Crippen LogP contribution in [-0.4, -0.2) is 50.5 Å². The summed E-state index contributed by atoms with van der Waals surface area (Å²) in [5.74, 6) is 0. The Balaban J connectivity index is 1.45. The number of hydrogen-bond acceptors (Lipinski definition) is 4. The summed E-state index contributed by atoms with van der Waals surface area (Å²) < 4.78 is 2.21. The van der Waals surface area contributed by atoms with Crippen LogP contribution in [0.3, 0.4) is 0 Å². The smallest absolute Gasteiger partial charge is 0.117 e. The van der Waals surface area contributed by atoms with Gasteiger partial charge in [0.2, 0.25) is 0 Å². The Labute approximate surface area is 160 Å². The predicted octanol–water partition coefficient (Wildman–Crippen LogP) is 3.21. The van der Waals surface area contributed by atoms with Crippen molar-refractivity contribution in [3.63, 3.8) is 0 Å². The molecule has 1 fully saturated rings. The van der Waals surface area contributed by atoms with Crippen molar-refractivity contribution in [2.75, 3.05) is 19.6 Å². The molecule has 2 aromatic carbocycles. The second kappa shape index (κ2) is 6.91. The summed E-state index contributed by atoms with van der Waals surface area (Å²) in [6.07, 6.45) is 0. The summed E-state index contributed by atoms with van der Waals surface area (Å²) in [4.78, 5) is 5.16. The summed E-state index contributed by atoms with van der Waals surface area (Å²) in [7, 11) is 0. The molecule has 0 radical (unpaired) electrons. The zero-order chi connectivity index (χ0) is 18.2. The van der Waals surface area contributed by atoms with E-state index in [1.54, 1.807) is 0 Å². The van der Waals surface area contributed by atoms with Gasteiger partial charge in [-0.3, -0.25) is 9.80 Å². The molecule has 5 rings (SSSR count). The van der Waals surface area contributed by atoms with Gasteiger partial charge in [0, 0.05) is 37.8 Å². The molecule has 27 heavy (non-hydrogen) atoms. The molecule has 3 heterocycles. The molecule has 138 valence electrons. The largest absolute Gasteiger partial charge is 0.295 e. The summed E-state index contributed by atoms with van der Waals surface area (Å²) >= 11 is 0. The van der Waals surface area contributed by atoms with Crippen LogP contribution in [0.15, 0.2) is 60.7 Å². The number of likely N-dealkylation sites (tertiary alicyclic amines) is 1. The van der Waals surface area contributed by atoms with E-state index in [0.717, 1.165) is 44.0 Å². The molecule has 2 aliphatic heterocycles. The Morgan fingerprint density at radius 1 is 0.926 bits per heavy atom. The van der Waals surface area contributed by atoms with Gasteiger partial charge in [-0.05, 0) is 12.1 Å². The fourth-order valence-corrected chi connectivity index (χ4v) is 4.62. The highest BCUT2D eigenvalue weighted by Crippen LogP contribution is 2.36. The fraction of sp³-hybridized carbons (Fsp3) is 0.364. The van der Waals surface area contributed by atoms with Crippen molar-refractivity contribution < 1.29 is 0 Å². The lowest BCUT2D eigenvalue weighted by Gasteiger charge is -2.36. The SMILES string of the molecule is CCN1Cc2c(-c3ccccc3)nnn2[C@@H]2CN(Cc3ccccc3)C[C@@H]21.